The van der Waals surface area contributed by atoms with Gasteiger partial charge in [0.1, 0.15) is 6.07 Å². The van der Waals surface area contributed by atoms with Crippen molar-refractivity contribution in [1.82, 2.24) is 0 Å². The monoisotopic (exact) mass is 315 g/mol. The summed E-state index contributed by atoms with van der Waals surface area (Å²) in [4.78, 5) is 2.04. The Balaban J connectivity index is 2.29. The zero-order valence-corrected chi connectivity index (χ0v) is 12.2. The number of halogens is 1. The van der Waals surface area contributed by atoms with Crippen LogP contribution in [-0.2, 0) is 6.54 Å². The summed E-state index contributed by atoms with van der Waals surface area (Å²) >= 11 is 3.53. The lowest BCUT2D eigenvalue weighted by atomic mass is 10.1. The number of para-hydroxylation sites is 1. The van der Waals surface area contributed by atoms with E-state index < -0.39 is 0 Å². The molecule has 0 heterocycles. The summed E-state index contributed by atoms with van der Waals surface area (Å²) in [5, 5.41) is 9.00. The summed E-state index contributed by atoms with van der Waals surface area (Å²) in [6.45, 7) is 0.723. The standard InChI is InChI=1S/C15H14BrN3/c1-19(10-12-5-2-3-7-13(12)16)14-8-4-6-11(9-17)15(14)18/h2-8H,10,18H2,1H3. The van der Waals surface area contributed by atoms with Gasteiger partial charge in [0.05, 0.1) is 16.9 Å². The Labute approximate surface area is 121 Å². The molecule has 4 heteroatoms. The molecule has 2 rings (SSSR count). The molecule has 0 unspecified atom stereocenters. The lowest BCUT2D eigenvalue weighted by molar-refractivity contribution is 0.920. The van der Waals surface area contributed by atoms with Crippen LogP contribution < -0.4 is 10.6 Å². The van der Waals surface area contributed by atoms with Crippen LogP contribution in [0.3, 0.4) is 0 Å². The highest BCUT2D eigenvalue weighted by molar-refractivity contribution is 9.10. The molecule has 0 fully saturated rings. The minimum absolute atomic E-state index is 0.511. The van der Waals surface area contributed by atoms with Crippen molar-refractivity contribution in [3.05, 3.63) is 58.1 Å². The fourth-order valence-electron chi connectivity index (χ4n) is 1.95. The molecule has 0 aromatic heterocycles. The van der Waals surface area contributed by atoms with E-state index in [9.17, 15) is 0 Å². The maximum absolute atomic E-state index is 9.00. The summed E-state index contributed by atoms with van der Waals surface area (Å²) in [6, 6.07) is 15.7. The molecule has 0 radical (unpaired) electrons. The average Bonchev–Trinajstić information content (AvgIpc) is 2.41. The average molecular weight is 316 g/mol. The van der Waals surface area contributed by atoms with Gasteiger partial charge in [0.15, 0.2) is 0 Å². The van der Waals surface area contributed by atoms with Crippen LogP contribution >= 0.6 is 15.9 Å². The molecule has 0 bridgehead atoms. The molecule has 0 saturated carbocycles. The maximum atomic E-state index is 9.00. The molecule has 2 aromatic carbocycles. The highest BCUT2D eigenvalue weighted by atomic mass is 79.9. The molecule has 0 aliphatic heterocycles. The number of nitriles is 1. The molecule has 0 atom stereocenters. The van der Waals surface area contributed by atoms with Crippen molar-refractivity contribution in [2.45, 2.75) is 6.54 Å². The number of benzene rings is 2. The van der Waals surface area contributed by atoms with E-state index in [4.69, 9.17) is 11.0 Å². The molecular formula is C15H14BrN3. The first-order valence-corrected chi connectivity index (χ1v) is 6.66. The van der Waals surface area contributed by atoms with Gasteiger partial charge in [0.2, 0.25) is 0 Å². The van der Waals surface area contributed by atoms with Gasteiger partial charge in [-0.25, -0.2) is 0 Å². The van der Waals surface area contributed by atoms with Crippen molar-refractivity contribution >= 4 is 27.3 Å². The molecule has 0 saturated heterocycles. The van der Waals surface area contributed by atoms with E-state index in [1.165, 1.54) is 5.56 Å². The van der Waals surface area contributed by atoms with Crippen LogP contribution in [0.5, 0.6) is 0 Å². The van der Waals surface area contributed by atoms with E-state index in [0.29, 0.717) is 11.3 Å². The summed E-state index contributed by atoms with van der Waals surface area (Å²) in [6.07, 6.45) is 0. The van der Waals surface area contributed by atoms with Crippen LogP contribution in [-0.4, -0.2) is 7.05 Å². The van der Waals surface area contributed by atoms with Crippen LogP contribution in [0.4, 0.5) is 11.4 Å². The number of nitrogens with two attached hydrogens (primary N) is 1. The van der Waals surface area contributed by atoms with Gasteiger partial charge in [-0.05, 0) is 23.8 Å². The van der Waals surface area contributed by atoms with Crippen LogP contribution in [0.25, 0.3) is 0 Å². The molecule has 0 aliphatic carbocycles. The largest absolute Gasteiger partial charge is 0.396 e. The van der Waals surface area contributed by atoms with E-state index in [-0.39, 0.29) is 0 Å². The Hall–Kier alpha value is -1.99. The van der Waals surface area contributed by atoms with E-state index in [1.54, 1.807) is 6.07 Å². The summed E-state index contributed by atoms with van der Waals surface area (Å²) < 4.78 is 1.07. The molecule has 0 spiro atoms. The van der Waals surface area contributed by atoms with Gasteiger partial charge in [0, 0.05) is 18.1 Å². The highest BCUT2D eigenvalue weighted by Gasteiger charge is 2.10. The van der Waals surface area contributed by atoms with Crippen molar-refractivity contribution < 1.29 is 0 Å². The molecule has 2 aromatic rings. The summed E-state index contributed by atoms with van der Waals surface area (Å²) in [5.41, 5.74) is 9.09. The van der Waals surface area contributed by atoms with Crippen molar-refractivity contribution in [3.8, 4) is 6.07 Å². The second kappa shape index (κ2) is 5.77. The summed E-state index contributed by atoms with van der Waals surface area (Å²) in [5.74, 6) is 0. The van der Waals surface area contributed by atoms with Crippen LogP contribution in [0, 0.1) is 11.3 Å². The quantitative estimate of drug-likeness (QED) is 0.881. The fourth-order valence-corrected chi connectivity index (χ4v) is 2.36. The number of hydrogen-bond donors (Lipinski definition) is 1. The number of nitrogens with zero attached hydrogens (tertiary/aromatic N) is 2. The second-order valence-electron chi connectivity index (χ2n) is 4.30. The molecule has 19 heavy (non-hydrogen) atoms. The third-order valence-electron chi connectivity index (χ3n) is 2.98. The van der Waals surface area contributed by atoms with Gasteiger partial charge < -0.3 is 10.6 Å². The Morgan fingerprint density at radius 3 is 2.63 bits per heavy atom. The summed E-state index contributed by atoms with van der Waals surface area (Å²) in [7, 11) is 1.96. The Kier molecular flexibility index (Phi) is 4.08. The topological polar surface area (TPSA) is 53.0 Å². The number of anilines is 2. The van der Waals surface area contributed by atoms with E-state index in [0.717, 1.165) is 16.7 Å². The van der Waals surface area contributed by atoms with Gasteiger partial charge in [0.25, 0.3) is 0 Å². The lowest BCUT2D eigenvalue weighted by Crippen LogP contribution is -2.18. The first-order valence-electron chi connectivity index (χ1n) is 5.86. The lowest BCUT2D eigenvalue weighted by Gasteiger charge is -2.22. The molecule has 0 aliphatic rings. The van der Waals surface area contributed by atoms with Gasteiger partial charge in [-0.15, -0.1) is 0 Å². The van der Waals surface area contributed by atoms with Crippen molar-refractivity contribution in [2.75, 3.05) is 17.7 Å². The number of rotatable bonds is 3. The molecule has 2 N–H and O–H groups in total. The molecule has 96 valence electrons. The zero-order valence-electron chi connectivity index (χ0n) is 10.6. The van der Waals surface area contributed by atoms with Crippen molar-refractivity contribution in [3.63, 3.8) is 0 Å². The molecule has 3 nitrogen and oxygen atoms in total. The van der Waals surface area contributed by atoms with Crippen LogP contribution in [0.15, 0.2) is 46.9 Å². The third kappa shape index (κ3) is 2.88. The first-order chi connectivity index (χ1) is 9.13. The van der Waals surface area contributed by atoms with Crippen molar-refractivity contribution in [2.24, 2.45) is 0 Å². The zero-order chi connectivity index (χ0) is 13.8. The maximum Gasteiger partial charge on any atom is 0.101 e. The predicted molar refractivity (Wildman–Crippen MR) is 81.8 cm³/mol. The van der Waals surface area contributed by atoms with Gasteiger partial charge in [-0.2, -0.15) is 5.26 Å². The van der Waals surface area contributed by atoms with Gasteiger partial charge >= 0.3 is 0 Å². The SMILES string of the molecule is CN(Cc1ccccc1Br)c1cccc(C#N)c1N. The smallest absolute Gasteiger partial charge is 0.101 e. The minimum atomic E-state index is 0.511. The first kappa shape index (κ1) is 13.4. The molecular weight excluding hydrogens is 302 g/mol. The Bertz CT molecular complexity index is 632. The predicted octanol–water partition coefficient (Wildman–Crippen LogP) is 3.54. The third-order valence-corrected chi connectivity index (χ3v) is 3.75. The van der Waals surface area contributed by atoms with E-state index in [1.807, 2.05) is 42.3 Å². The highest BCUT2D eigenvalue weighted by Crippen LogP contribution is 2.27. The van der Waals surface area contributed by atoms with E-state index in [2.05, 4.69) is 28.1 Å². The van der Waals surface area contributed by atoms with Crippen LogP contribution in [0.2, 0.25) is 0 Å². The minimum Gasteiger partial charge on any atom is -0.396 e. The van der Waals surface area contributed by atoms with Gasteiger partial charge in [-0.1, -0.05) is 40.2 Å². The second-order valence-corrected chi connectivity index (χ2v) is 5.15. The Morgan fingerprint density at radius 2 is 1.95 bits per heavy atom. The number of nitrogen functional groups attached to an aromatic ring is 1. The van der Waals surface area contributed by atoms with Crippen molar-refractivity contribution in [1.29, 1.82) is 5.26 Å². The fraction of sp³-hybridized carbons (Fsp3) is 0.133. The van der Waals surface area contributed by atoms with Crippen LogP contribution in [0.1, 0.15) is 11.1 Å². The van der Waals surface area contributed by atoms with E-state index >= 15 is 0 Å². The van der Waals surface area contributed by atoms with Gasteiger partial charge in [-0.3, -0.25) is 0 Å². The number of hydrogen-bond acceptors (Lipinski definition) is 3. The normalized spacial score (nSPS) is 9.95. The molecule has 0 amide bonds. The Morgan fingerprint density at radius 1 is 1.21 bits per heavy atom.